The molecule has 2 nitrogen and oxygen atoms in total. The van der Waals surface area contributed by atoms with Crippen LogP contribution in [0.25, 0.3) is 0 Å². The molecule has 1 aliphatic rings. The highest BCUT2D eigenvalue weighted by molar-refractivity contribution is 5.81. The third-order valence-electron chi connectivity index (χ3n) is 3.47. The Balaban J connectivity index is 2.63. The fourth-order valence-electron chi connectivity index (χ4n) is 1.85. The summed E-state index contributed by atoms with van der Waals surface area (Å²) in [7, 11) is 0. The molecule has 1 unspecified atom stereocenters. The van der Waals surface area contributed by atoms with E-state index in [4.69, 9.17) is 4.74 Å². The van der Waals surface area contributed by atoms with Crippen LogP contribution in [0.3, 0.4) is 0 Å². The van der Waals surface area contributed by atoms with Crippen molar-refractivity contribution < 1.29 is 9.53 Å². The van der Waals surface area contributed by atoms with E-state index in [1.54, 1.807) is 0 Å². The molecule has 0 amide bonds. The van der Waals surface area contributed by atoms with E-state index in [0.717, 1.165) is 12.3 Å². The van der Waals surface area contributed by atoms with Crippen molar-refractivity contribution in [3.63, 3.8) is 0 Å². The van der Waals surface area contributed by atoms with E-state index < -0.39 is 0 Å². The largest absolute Gasteiger partial charge is 0.455 e. The second-order valence-electron chi connectivity index (χ2n) is 4.85. The number of rotatable bonds is 5. The van der Waals surface area contributed by atoms with E-state index in [0.29, 0.717) is 0 Å². The second-order valence-corrected chi connectivity index (χ2v) is 4.85. The van der Waals surface area contributed by atoms with Crippen LogP contribution in [0.5, 0.6) is 0 Å². The fraction of sp³-hybridized carbons (Fsp3) is 0.643. The molecule has 0 heterocycles. The van der Waals surface area contributed by atoms with Crippen LogP contribution in [0.1, 0.15) is 46.5 Å². The summed E-state index contributed by atoms with van der Waals surface area (Å²) in [5.41, 5.74) is 2.42. The number of hydrogen-bond donors (Lipinski definition) is 0. The minimum absolute atomic E-state index is 0.0548. The molecule has 0 aromatic heterocycles. The van der Waals surface area contributed by atoms with Crippen LogP contribution < -0.4 is 0 Å². The average molecular weight is 222 g/mol. The molecular weight excluding hydrogens is 200 g/mol. The molecule has 0 saturated heterocycles. The van der Waals surface area contributed by atoms with E-state index in [9.17, 15) is 4.79 Å². The summed E-state index contributed by atoms with van der Waals surface area (Å²) in [6.45, 7) is 9.61. The molecule has 1 saturated carbocycles. The third-order valence-corrected chi connectivity index (χ3v) is 3.47. The molecule has 0 radical (unpaired) electrons. The smallest absolute Gasteiger partial charge is 0.330 e. The quantitative estimate of drug-likeness (QED) is 0.403. The average Bonchev–Trinajstić information content (AvgIpc) is 2.19. The Morgan fingerprint density at radius 1 is 1.44 bits per heavy atom. The summed E-state index contributed by atoms with van der Waals surface area (Å²) < 4.78 is 5.41. The zero-order valence-corrected chi connectivity index (χ0v) is 10.6. The highest BCUT2D eigenvalue weighted by atomic mass is 16.5. The van der Waals surface area contributed by atoms with Gasteiger partial charge in [-0.1, -0.05) is 31.4 Å². The summed E-state index contributed by atoms with van der Waals surface area (Å²) in [5, 5.41) is 0. The SMILES string of the molecule is C=CC(=O)OC(CC1CCC1)C(C)=C(C)C. The van der Waals surface area contributed by atoms with Crippen LogP contribution in [-0.4, -0.2) is 12.1 Å². The van der Waals surface area contributed by atoms with Gasteiger partial charge in [-0.15, -0.1) is 0 Å². The Morgan fingerprint density at radius 2 is 2.06 bits per heavy atom. The van der Waals surface area contributed by atoms with Crippen molar-refractivity contribution in [2.75, 3.05) is 0 Å². The highest BCUT2D eigenvalue weighted by Crippen LogP contribution is 2.33. The zero-order valence-electron chi connectivity index (χ0n) is 10.6. The standard InChI is InChI=1S/C14H22O2/c1-5-14(15)16-13(11(4)10(2)3)9-12-7-6-8-12/h5,12-13H,1,6-9H2,2-4H3. The van der Waals surface area contributed by atoms with E-state index in [-0.39, 0.29) is 12.1 Å². The summed E-state index contributed by atoms with van der Waals surface area (Å²) >= 11 is 0. The maximum atomic E-state index is 11.3. The first-order valence-corrected chi connectivity index (χ1v) is 6.01. The first-order valence-electron chi connectivity index (χ1n) is 6.01. The Hall–Kier alpha value is -1.05. The predicted octanol–water partition coefficient (Wildman–Crippen LogP) is 3.63. The third kappa shape index (κ3) is 3.51. The molecule has 0 N–H and O–H groups in total. The summed E-state index contributed by atoms with van der Waals surface area (Å²) in [5.74, 6) is 0.418. The van der Waals surface area contributed by atoms with Crippen molar-refractivity contribution in [1.29, 1.82) is 0 Å². The lowest BCUT2D eigenvalue weighted by molar-refractivity contribution is -0.142. The van der Waals surface area contributed by atoms with Crippen LogP contribution in [-0.2, 0) is 9.53 Å². The molecule has 0 aromatic carbocycles. The lowest BCUT2D eigenvalue weighted by Gasteiger charge is -2.30. The van der Waals surface area contributed by atoms with Gasteiger partial charge < -0.3 is 4.74 Å². The first-order chi connectivity index (χ1) is 7.54. The number of carbonyl (C=O) groups excluding carboxylic acids is 1. The van der Waals surface area contributed by atoms with Crippen LogP contribution in [0.4, 0.5) is 0 Å². The van der Waals surface area contributed by atoms with Gasteiger partial charge in [0.1, 0.15) is 6.10 Å². The van der Waals surface area contributed by atoms with Gasteiger partial charge in [0.05, 0.1) is 0 Å². The Kier molecular flexibility index (Phi) is 4.78. The van der Waals surface area contributed by atoms with Gasteiger partial charge in [-0.05, 0) is 38.7 Å². The molecule has 90 valence electrons. The number of allylic oxidation sites excluding steroid dienone is 1. The molecule has 1 rings (SSSR count). The van der Waals surface area contributed by atoms with E-state index in [1.165, 1.54) is 36.5 Å². The summed E-state index contributed by atoms with van der Waals surface area (Å²) in [6, 6.07) is 0. The summed E-state index contributed by atoms with van der Waals surface area (Å²) in [4.78, 5) is 11.3. The van der Waals surface area contributed by atoms with Crippen molar-refractivity contribution >= 4 is 5.97 Å². The van der Waals surface area contributed by atoms with Gasteiger partial charge in [-0.25, -0.2) is 4.79 Å². The number of hydrogen-bond acceptors (Lipinski definition) is 2. The lowest BCUT2D eigenvalue weighted by Crippen LogP contribution is -2.25. The normalized spacial score (nSPS) is 17.2. The lowest BCUT2D eigenvalue weighted by atomic mass is 9.80. The molecular formula is C14H22O2. The Labute approximate surface area is 98.4 Å². The predicted molar refractivity (Wildman–Crippen MR) is 66.1 cm³/mol. The molecule has 1 fully saturated rings. The first kappa shape index (κ1) is 13.0. The van der Waals surface area contributed by atoms with E-state index in [2.05, 4.69) is 27.4 Å². The highest BCUT2D eigenvalue weighted by Gasteiger charge is 2.25. The minimum Gasteiger partial charge on any atom is -0.455 e. The number of carbonyl (C=O) groups is 1. The Bertz CT molecular complexity index is 294. The fourth-order valence-corrected chi connectivity index (χ4v) is 1.85. The van der Waals surface area contributed by atoms with Crippen molar-refractivity contribution in [3.8, 4) is 0 Å². The maximum Gasteiger partial charge on any atom is 0.330 e. The molecule has 16 heavy (non-hydrogen) atoms. The molecule has 0 bridgehead atoms. The van der Waals surface area contributed by atoms with Gasteiger partial charge >= 0.3 is 5.97 Å². The molecule has 0 aromatic rings. The van der Waals surface area contributed by atoms with Gasteiger partial charge in [-0.3, -0.25) is 0 Å². The van der Waals surface area contributed by atoms with Gasteiger partial charge in [0.15, 0.2) is 0 Å². The molecule has 0 aliphatic heterocycles. The molecule has 1 atom stereocenters. The van der Waals surface area contributed by atoms with Gasteiger partial charge in [-0.2, -0.15) is 0 Å². The molecule has 1 aliphatic carbocycles. The van der Waals surface area contributed by atoms with Crippen molar-refractivity contribution in [2.24, 2.45) is 5.92 Å². The maximum absolute atomic E-state index is 11.3. The van der Waals surface area contributed by atoms with Crippen LogP contribution in [0.2, 0.25) is 0 Å². The van der Waals surface area contributed by atoms with E-state index in [1.807, 2.05) is 0 Å². The minimum atomic E-state index is -0.315. The Morgan fingerprint density at radius 3 is 2.44 bits per heavy atom. The van der Waals surface area contributed by atoms with Gasteiger partial charge in [0.2, 0.25) is 0 Å². The van der Waals surface area contributed by atoms with Crippen LogP contribution >= 0.6 is 0 Å². The van der Waals surface area contributed by atoms with Gasteiger partial charge in [0, 0.05) is 6.08 Å². The van der Waals surface area contributed by atoms with Crippen LogP contribution in [0, 0.1) is 5.92 Å². The topological polar surface area (TPSA) is 26.3 Å². The second kappa shape index (κ2) is 5.88. The van der Waals surface area contributed by atoms with E-state index >= 15 is 0 Å². The van der Waals surface area contributed by atoms with Crippen molar-refractivity contribution in [1.82, 2.24) is 0 Å². The summed E-state index contributed by atoms with van der Waals surface area (Å²) in [6.07, 6.45) is 6.03. The zero-order chi connectivity index (χ0) is 12.1. The molecule has 0 spiro atoms. The van der Waals surface area contributed by atoms with Crippen molar-refractivity contribution in [3.05, 3.63) is 23.8 Å². The van der Waals surface area contributed by atoms with Crippen molar-refractivity contribution in [2.45, 2.75) is 52.6 Å². The monoisotopic (exact) mass is 222 g/mol. The number of esters is 1. The molecule has 2 heteroatoms. The van der Waals surface area contributed by atoms with Crippen LogP contribution in [0.15, 0.2) is 23.8 Å². The van der Waals surface area contributed by atoms with Gasteiger partial charge in [0.25, 0.3) is 0 Å². The number of ether oxygens (including phenoxy) is 1.